The van der Waals surface area contributed by atoms with Crippen molar-refractivity contribution in [2.24, 2.45) is 0 Å². The fourth-order valence-electron chi connectivity index (χ4n) is 4.63. The van der Waals surface area contributed by atoms with Gasteiger partial charge in [-0.3, -0.25) is 9.80 Å². The van der Waals surface area contributed by atoms with Crippen LogP contribution in [-0.4, -0.2) is 77.2 Å². The topological polar surface area (TPSA) is 24.9 Å². The molecule has 1 aromatic carbocycles. The van der Waals surface area contributed by atoms with Crippen LogP contribution in [0.1, 0.15) is 52.7 Å². The predicted octanol–water partition coefficient (Wildman–Crippen LogP) is 5.59. The molecule has 0 amide bonds. The average molecular weight is 511 g/mol. The van der Waals surface area contributed by atoms with Gasteiger partial charge in [0.25, 0.3) is 0 Å². The summed E-state index contributed by atoms with van der Waals surface area (Å²) in [5.74, 6) is 0. The van der Waals surface area contributed by atoms with E-state index >= 15 is 0 Å². The highest BCUT2D eigenvalue weighted by atomic mass is 19.4. The number of nitrogens with zero attached hydrogens (tertiary/aromatic N) is 2. The van der Waals surface area contributed by atoms with Crippen LogP contribution in [0, 0.1) is 0 Å². The molecule has 2 heterocycles. The summed E-state index contributed by atoms with van der Waals surface area (Å²) in [6.45, 7) is 9.50. The van der Waals surface area contributed by atoms with E-state index in [9.17, 15) is 26.3 Å². The summed E-state index contributed by atoms with van der Waals surface area (Å²) < 4.78 is 92.8. The van der Waals surface area contributed by atoms with Gasteiger partial charge in [0.15, 0.2) is 11.2 Å². The minimum absolute atomic E-state index is 0.189. The molecular formula is C25H36F6N2O2. The minimum atomic E-state index is -4.48. The molecule has 0 radical (unpaired) electrons. The zero-order valence-electron chi connectivity index (χ0n) is 21.2. The first-order chi connectivity index (χ1) is 15.9. The van der Waals surface area contributed by atoms with Gasteiger partial charge in [0, 0.05) is 37.8 Å². The zero-order valence-corrected chi connectivity index (χ0v) is 21.2. The lowest BCUT2D eigenvalue weighted by Gasteiger charge is -2.55. The van der Waals surface area contributed by atoms with Gasteiger partial charge in [0.2, 0.25) is 0 Å². The van der Waals surface area contributed by atoms with E-state index in [4.69, 9.17) is 9.47 Å². The molecule has 0 saturated carbocycles. The first-order valence-electron chi connectivity index (χ1n) is 11.9. The van der Waals surface area contributed by atoms with Crippen LogP contribution >= 0.6 is 0 Å². The van der Waals surface area contributed by atoms with Crippen molar-refractivity contribution >= 4 is 0 Å². The van der Waals surface area contributed by atoms with Gasteiger partial charge in [-0.05, 0) is 59.1 Å². The second kappa shape index (κ2) is 9.50. The highest BCUT2D eigenvalue weighted by Crippen LogP contribution is 2.44. The van der Waals surface area contributed by atoms with E-state index in [-0.39, 0.29) is 44.4 Å². The van der Waals surface area contributed by atoms with Crippen molar-refractivity contribution in [3.63, 3.8) is 0 Å². The molecule has 0 aliphatic carbocycles. The maximum absolute atomic E-state index is 13.8. The molecule has 200 valence electrons. The molecule has 4 nitrogen and oxygen atoms in total. The van der Waals surface area contributed by atoms with Gasteiger partial charge in [-0.25, -0.2) is 0 Å². The van der Waals surface area contributed by atoms with Gasteiger partial charge in [-0.15, -0.1) is 0 Å². The number of halogens is 6. The Hall–Kier alpha value is -1.36. The number of rotatable bonds is 8. The fraction of sp³-hybridized carbons (Fsp3) is 0.760. The molecule has 2 fully saturated rings. The molecule has 2 saturated heterocycles. The average Bonchev–Trinajstić information content (AvgIpc) is 2.60. The molecule has 10 heteroatoms. The molecule has 1 unspecified atom stereocenters. The third-order valence-corrected chi connectivity index (χ3v) is 6.91. The Balaban J connectivity index is 1.60. The molecule has 1 aromatic rings. The highest BCUT2D eigenvalue weighted by molar-refractivity contribution is 5.24. The number of hydrogen-bond acceptors (Lipinski definition) is 4. The van der Waals surface area contributed by atoms with E-state index in [0.29, 0.717) is 12.0 Å². The van der Waals surface area contributed by atoms with Gasteiger partial charge in [-0.1, -0.05) is 24.3 Å². The smallest absolute Gasteiger partial charge is 0.360 e. The summed E-state index contributed by atoms with van der Waals surface area (Å²) in [6, 6.07) is 6.84. The SMILES string of the molecule is CC(C)OC1(C(F)(F)F)CN(C(C)Cc2cccc(COC3(C(F)(F)F)CN(C(C)(C)C)C3)c2)C1. The molecule has 0 spiro atoms. The zero-order chi connectivity index (χ0) is 26.4. The van der Waals surface area contributed by atoms with E-state index in [2.05, 4.69) is 0 Å². The predicted molar refractivity (Wildman–Crippen MR) is 121 cm³/mol. The number of alkyl halides is 6. The van der Waals surface area contributed by atoms with Gasteiger partial charge >= 0.3 is 12.4 Å². The van der Waals surface area contributed by atoms with Gasteiger partial charge < -0.3 is 9.47 Å². The molecule has 0 bridgehead atoms. The van der Waals surface area contributed by atoms with Crippen LogP contribution in [0.4, 0.5) is 26.3 Å². The lowest BCUT2D eigenvalue weighted by molar-refractivity contribution is -0.330. The van der Waals surface area contributed by atoms with Crippen molar-refractivity contribution in [3.05, 3.63) is 35.4 Å². The van der Waals surface area contributed by atoms with Gasteiger partial charge in [-0.2, -0.15) is 26.3 Å². The Labute approximate surface area is 203 Å². The van der Waals surface area contributed by atoms with E-state index < -0.39 is 29.7 Å². The highest BCUT2D eigenvalue weighted by Gasteiger charge is 2.65. The van der Waals surface area contributed by atoms with Gasteiger partial charge in [0.05, 0.1) is 12.7 Å². The second-order valence-corrected chi connectivity index (χ2v) is 11.2. The summed E-state index contributed by atoms with van der Waals surface area (Å²) in [5, 5.41) is 0. The monoisotopic (exact) mass is 510 g/mol. The standard InChI is InChI=1S/C25H36F6N2O2/c1-17(2)35-23(25(29,30)31)13-32(14-23)18(3)10-19-8-7-9-20(11-19)12-34-22(24(26,27)28)15-33(16-22)21(4,5)6/h7-9,11,17-18H,10,12-16H2,1-6H3. The summed E-state index contributed by atoms with van der Waals surface area (Å²) in [4.78, 5) is 3.45. The van der Waals surface area contributed by atoms with Crippen LogP contribution in [0.2, 0.25) is 0 Å². The van der Waals surface area contributed by atoms with E-state index in [1.165, 1.54) is 0 Å². The van der Waals surface area contributed by atoms with E-state index in [1.54, 1.807) is 41.8 Å². The van der Waals surface area contributed by atoms with Crippen LogP contribution in [0.15, 0.2) is 24.3 Å². The maximum atomic E-state index is 13.8. The number of hydrogen-bond donors (Lipinski definition) is 0. The number of likely N-dealkylation sites (tertiary alicyclic amines) is 2. The molecule has 1 atom stereocenters. The van der Waals surface area contributed by atoms with Crippen molar-refractivity contribution in [1.29, 1.82) is 0 Å². The second-order valence-electron chi connectivity index (χ2n) is 11.2. The van der Waals surface area contributed by atoms with Crippen LogP contribution in [0.3, 0.4) is 0 Å². The van der Waals surface area contributed by atoms with Crippen molar-refractivity contribution in [1.82, 2.24) is 9.80 Å². The van der Waals surface area contributed by atoms with E-state index in [0.717, 1.165) is 5.56 Å². The normalized spacial score (nSPS) is 22.1. The molecule has 2 aliphatic heterocycles. The van der Waals surface area contributed by atoms with Crippen molar-refractivity contribution < 1.29 is 35.8 Å². The summed E-state index contributed by atoms with van der Waals surface area (Å²) >= 11 is 0. The molecule has 35 heavy (non-hydrogen) atoms. The van der Waals surface area contributed by atoms with Crippen molar-refractivity contribution in [2.45, 2.75) is 95.8 Å². The molecule has 3 rings (SSSR count). The van der Waals surface area contributed by atoms with Crippen molar-refractivity contribution in [3.8, 4) is 0 Å². The summed E-state index contributed by atoms with van der Waals surface area (Å²) in [7, 11) is 0. The first-order valence-corrected chi connectivity index (χ1v) is 11.9. The molecular weight excluding hydrogens is 474 g/mol. The van der Waals surface area contributed by atoms with Gasteiger partial charge in [0.1, 0.15) is 0 Å². The lowest BCUT2D eigenvalue weighted by Crippen LogP contribution is -2.73. The Morgan fingerprint density at radius 2 is 1.40 bits per heavy atom. The summed E-state index contributed by atoms with van der Waals surface area (Å²) in [5.41, 5.74) is -3.29. The van der Waals surface area contributed by atoms with E-state index in [1.807, 2.05) is 33.8 Å². The minimum Gasteiger partial charge on any atom is -0.360 e. The van der Waals surface area contributed by atoms with Crippen LogP contribution < -0.4 is 0 Å². The van der Waals surface area contributed by atoms with Crippen LogP contribution in [0.25, 0.3) is 0 Å². The third-order valence-electron chi connectivity index (χ3n) is 6.91. The van der Waals surface area contributed by atoms with Crippen LogP contribution in [0.5, 0.6) is 0 Å². The maximum Gasteiger partial charge on any atom is 0.419 e. The molecule has 2 aliphatic rings. The first kappa shape index (κ1) is 28.2. The Morgan fingerprint density at radius 1 is 0.857 bits per heavy atom. The summed E-state index contributed by atoms with van der Waals surface area (Å²) in [6.07, 6.45) is -9.02. The Kier molecular flexibility index (Phi) is 7.66. The van der Waals surface area contributed by atoms with Crippen molar-refractivity contribution in [2.75, 3.05) is 26.2 Å². The quantitative estimate of drug-likeness (QED) is 0.426. The Morgan fingerprint density at radius 3 is 1.89 bits per heavy atom. The fourth-order valence-corrected chi connectivity index (χ4v) is 4.63. The van der Waals surface area contributed by atoms with Crippen LogP contribution in [-0.2, 0) is 22.5 Å². The Bertz CT molecular complexity index is 866. The molecule has 0 N–H and O–H groups in total. The third kappa shape index (κ3) is 5.97. The number of ether oxygens (including phenoxy) is 2. The number of benzene rings is 1. The lowest BCUT2D eigenvalue weighted by atomic mass is 9.87. The largest absolute Gasteiger partial charge is 0.419 e. The molecule has 0 aromatic heterocycles.